The molecule has 1 heterocycles. The molecule has 7 nitrogen and oxygen atoms in total. The Bertz CT molecular complexity index is 319. The minimum absolute atomic E-state index is 0.112. The number of nitrogens with one attached hydrogen (secondary N) is 3. The van der Waals surface area contributed by atoms with E-state index in [0.29, 0.717) is 19.4 Å². The number of hydrogen-bond acceptors (Lipinski definition) is 3. The molecule has 4 N–H and O–H groups in total. The molecule has 0 radical (unpaired) electrons. The molecule has 96 valence electrons. The topological polar surface area (TPSA) is 108 Å². The minimum Gasteiger partial charge on any atom is -0.480 e. The lowest BCUT2D eigenvalue weighted by Gasteiger charge is -2.16. The number of rotatable bonds is 5. The van der Waals surface area contributed by atoms with Crippen LogP contribution in [0, 0.1) is 0 Å². The third-order valence-electron chi connectivity index (χ3n) is 2.49. The Morgan fingerprint density at radius 2 is 2.29 bits per heavy atom. The molecule has 0 aromatic rings. The summed E-state index contributed by atoms with van der Waals surface area (Å²) >= 11 is 0. The van der Waals surface area contributed by atoms with Crippen molar-refractivity contribution in [1.82, 2.24) is 16.0 Å². The van der Waals surface area contributed by atoms with Gasteiger partial charge in [0.15, 0.2) is 0 Å². The molecular formula is C10H17N3O4. The van der Waals surface area contributed by atoms with E-state index in [1.165, 1.54) is 0 Å². The zero-order valence-corrected chi connectivity index (χ0v) is 9.66. The highest BCUT2D eigenvalue weighted by Gasteiger charge is 2.25. The molecule has 7 heteroatoms. The van der Waals surface area contributed by atoms with Gasteiger partial charge in [-0.05, 0) is 6.42 Å². The van der Waals surface area contributed by atoms with Crippen molar-refractivity contribution in [3.63, 3.8) is 0 Å². The van der Waals surface area contributed by atoms with Crippen molar-refractivity contribution in [2.24, 2.45) is 0 Å². The molecule has 0 aromatic carbocycles. The molecule has 1 aliphatic rings. The molecule has 1 unspecified atom stereocenters. The monoisotopic (exact) mass is 243 g/mol. The zero-order valence-electron chi connectivity index (χ0n) is 9.66. The standard InChI is InChI=1S/C10H17N3O4/c1-2-3-7(9(15)16)13-10(17)12-6-4-8(14)11-5-6/h6-7H,2-5H2,1H3,(H,11,14)(H,15,16)(H2,12,13,17)/t6?,7-/m0/s1. The molecular weight excluding hydrogens is 226 g/mol. The number of carbonyl (C=O) groups is 3. The van der Waals surface area contributed by atoms with Gasteiger partial charge in [-0.2, -0.15) is 0 Å². The first kappa shape index (κ1) is 13.3. The minimum atomic E-state index is -1.05. The van der Waals surface area contributed by atoms with Gasteiger partial charge < -0.3 is 21.1 Å². The van der Waals surface area contributed by atoms with Crippen LogP contribution >= 0.6 is 0 Å². The van der Waals surface area contributed by atoms with Gasteiger partial charge in [0, 0.05) is 13.0 Å². The largest absolute Gasteiger partial charge is 0.480 e. The average Bonchev–Trinajstić information content (AvgIpc) is 2.63. The van der Waals surface area contributed by atoms with Gasteiger partial charge in [-0.15, -0.1) is 0 Å². The summed E-state index contributed by atoms with van der Waals surface area (Å²) < 4.78 is 0. The summed E-state index contributed by atoms with van der Waals surface area (Å²) in [5.74, 6) is -1.17. The second kappa shape index (κ2) is 6.07. The van der Waals surface area contributed by atoms with Crippen molar-refractivity contribution in [2.45, 2.75) is 38.3 Å². The first-order valence-electron chi connectivity index (χ1n) is 5.59. The van der Waals surface area contributed by atoms with E-state index in [4.69, 9.17) is 5.11 Å². The van der Waals surface area contributed by atoms with E-state index in [1.54, 1.807) is 0 Å². The maximum absolute atomic E-state index is 11.5. The molecule has 0 aromatic heterocycles. The fraction of sp³-hybridized carbons (Fsp3) is 0.700. The number of urea groups is 1. The van der Waals surface area contributed by atoms with Crippen molar-refractivity contribution in [1.29, 1.82) is 0 Å². The van der Waals surface area contributed by atoms with Crippen molar-refractivity contribution < 1.29 is 19.5 Å². The smallest absolute Gasteiger partial charge is 0.326 e. The number of aliphatic carboxylic acids is 1. The fourth-order valence-electron chi connectivity index (χ4n) is 1.64. The molecule has 2 atom stereocenters. The number of carbonyl (C=O) groups excluding carboxylic acids is 2. The van der Waals surface area contributed by atoms with E-state index < -0.39 is 18.0 Å². The lowest BCUT2D eigenvalue weighted by atomic mass is 10.2. The summed E-state index contributed by atoms with van der Waals surface area (Å²) in [6.07, 6.45) is 1.28. The van der Waals surface area contributed by atoms with Gasteiger partial charge in [0.2, 0.25) is 5.91 Å². The van der Waals surface area contributed by atoms with Crippen LogP contribution in [0.5, 0.6) is 0 Å². The van der Waals surface area contributed by atoms with E-state index in [0.717, 1.165) is 0 Å². The number of amides is 3. The highest BCUT2D eigenvalue weighted by atomic mass is 16.4. The molecule has 0 saturated carbocycles. The quantitative estimate of drug-likeness (QED) is 0.518. The molecule has 1 aliphatic heterocycles. The molecule has 3 amide bonds. The maximum atomic E-state index is 11.5. The Hall–Kier alpha value is -1.79. The Balaban J connectivity index is 2.36. The van der Waals surface area contributed by atoms with Gasteiger partial charge in [-0.3, -0.25) is 4.79 Å². The Morgan fingerprint density at radius 1 is 1.59 bits per heavy atom. The van der Waals surface area contributed by atoms with E-state index in [2.05, 4.69) is 16.0 Å². The van der Waals surface area contributed by atoms with Crippen LogP contribution in [0.25, 0.3) is 0 Å². The zero-order chi connectivity index (χ0) is 12.8. The molecule has 0 aliphatic carbocycles. The molecule has 1 saturated heterocycles. The summed E-state index contributed by atoms with van der Waals surface area (Å²) in [7, 11) is 0. The number of carboxylic acid groups (broad SMARTS) is 1. The second-order valence-electron chi connectivity index (χ2n) is 4.00. The molecule has 17 heavy (non-hydrogen) atoms. The molecule has 0 spiro atoms. The van der Waals surface area contributed by atoms with Crippen LogP contribution in [0.4, 0.5) is 4.79 Å². The van der Waals surface area contributed by atoms with Gasteiger partial charge >= 0.3 is 12.0 Å². The van der Waals surface area contributed by atoms with Crippen molar-refractivity contribution in [2.75, 3.05) is 6.54 Å². The summed E-state index contributed by atoms with van der Waals surface area (Å²) in [5, 5.41) is 16.4. The SMILES string of the molecule is CCC[C@H](NC(=O)NC1CNC(=O)C1)C(=O)O. The Labute approximate surface area is 98.9 Å². The third-order valence-corrected chi connectivity index (χ3v) is 2.49. The van der Waals surface area contributed by atoms with Gasteiger partial charge in [-0.1, -0.05) is 13.3 Å². The van der Waals surface area contributed by atoms with Gasteiger partial charge in [0.1, 0.15) is 6.04 Å². The lowest BCUT2D eigenvalue weighted by molar-refractivity contribution is -0.139. The number of carboxylic acids is 1. The highest BCUT2D eigenvalue weighted by Crippen LogP contribution is 2.00. The Morgan fingerprint density at radius 3 is 2.76 bits per heavy atom. The van der Waals surface area contributed by atoms with Crippen LogP contribution in [0.1, 0.15) is 26.2 Å². The van der Waals surface area contributed by atoms with Crippen LogP contribution in [-0.4, -0.2) is 41.6 Å². The lowest BCUT2D eigenvalue weighted by Crippen LogP contribution is -2.49. The summed E-state index contributed by atoms with van der Waals surface area (Å²) in [4.78, 5) is 33.2. The van der Waals surface area contributed by atoms with Crippen molar-refractivity contribution in [3.8, 4) is 0 Å². The summed E-state index contributed by atoms with van der Waals surface area (Å²) in [6, 6.07) is -1.70. The van der Waals surface area contributed by atoms with Crippen molar-refractivity contribution >= 4 is 17.9 Å². The van der Waals surface area contributed by atoms with E-state index in [9.17, 15) is 14.4 Å². The molecule has 1 fully saturated rings. The first-order chi connectivity index (χ1) is 8.02. The third kappa shape index (κ3) is 4.29. The van der Waals surface area contributed by atoms with Crippen LogP contribution in [-0.2, 0) is 9.59 Å². The Kier molecular flexibility index (Phi) is 4.74. The normalized spacial score (nSPS) is 20.5. The predicted molar refractivity (Wildman–Crippen MR) is 59.4 cm³/mol. The van der Waals surface area contributed by atoms with Gasteiger partial charge in [-0.25, -0.2) is 9.59 Å². The summed E-state index contributed by atoms with van der Waals surface area (Å²) in [5.41, 5.74) is 0. The van der Waals surface area contributed by atoms with Crippen LogP contribution in [0.15, 0.2) is 0 Å². The predicted octanol–water partition coefficient (Wildman–Crippen LogP) is -0.573. The summed E-state index contributed by atoms with van der Waals surface area (Å²) in [6.45, 7) is 2.23. The molecule has 1 rings (SSSR count). The van der Waals surface area contributed by atoms with Crippen LogP contribution < -0.4 is 16.0 Å². The van der Waals surface area contributed by atoms with Crippen molar-refractivity contribution in [3.05, 3.63) is 0 Å². The van der Waals surface area contributed by atoms with E-state index >= 15 is 0 Å². The maximum Gasteiger partial charge on any atom is 0.326 e. The molecule has 0 bridgehead atoms. The number of hydrogen-bond donors (Lipinski definition) is 4. The van der Waals surface area contributed by atoms with Crippen LogP contribution in [0.2, 0.25) is 0 Å². The van der Waals surface area contributed by atoms with Gasteiger partial charge in [0.05, 0.1) is 6.04 Å². The average molecular weight is 243 g/mol. The van der Waals surface area contributed by atoms with E-state index in [1.807, 2.05) is 6.92 Å². The van der Waals surface area contributed by atoms with Crippen LogP contribution in [0.3, 0.4) is 0 Å². The van der Waals surface area contributed by atoms with Gasteiger partial charge in [0.25, 0.3) is 0 Å². The van der Waals surface area contributed by atoms with E-state index in [-0.39, 0.29) is 18.4 Å². The fourth-order valence-corrected chi connectivity index (χ4v) is 1.64. The second-order valence-corrected chi connectivity index (χ2v) is 4.00. The first-order valence-corrected chi connectivity index (χ1v) is 5.59. The highest BCUT2D eigenvalue weighted by molar-refractivity contribution is 5.84.